The van der Waals surface area contributed by atoms with Crippen molar-refractivity contribution in [2.45, 2.75) is 0 Å². The summed E-state index contributed by atoms with van der Waals surface area (Å²) in [4.78, 5) is 0. The fourth-order valence-corrected chi connectivity index (χ4v) is 1.64. The van der Waals surface area contributed by atoms with Crippen LogP contribution in [0.1, 0.15) is 5.69 Å². The summed E-state index contributed by atoms with van der Waals surface area (Å²) in [6.45, 7) is 0.845. The van der Waals surface area contributed by atoms with Crippen molar-refractivity contribution >= 4 is 30.6 Å². The lowest BCUT2D eigenvalue weighted by Gasteiger charge is -2.08. The van der Waals surface area contributed by atoms with Crippen LogP contribution in [0, 0.1) is 5.82 Å². The average Bonchev–Trinajstić information content (AvgIpc) is 2.94. The molecule has 0 aliphatic carbocycles. The van der Waals surface area contributed by atoms with Gasteiger partial charge in [-0.25, -0.2) is 9.02 Å². The first-order valence-electron chi connectivity index (χ1n) is 6.17. The standard InChI is InChI=1S/C11H14BFN6O2/c12-7-5-6(1-2-8(7)13)16-11(17-20)9-10(15-4-3-14)19-21-18-9/h1-2,5,20H,3-4,12,14H2,(H,15,19)(H,16,17). The van der Waals surface area contributed by atoms with Gasteiger partial charge in [-0.3, -0.25) is 0 Å². The molecule has 1 aromatic heterocycles. The number of rotatable bonds is 5. The summed E-state index contributed by atoms with van der Waals surface area (Å²) in [5.41, 5.74) is 6.57. The third-order valence-corrected chi connectivity index (χ3v) is 2.67. The third kappa shape index (κ3) is 3.48. The summed E-state index contributed by atoms with van der Waals surface area (Å²) < 4.78 is 17.8. The van der Waals surface area contributed by atoms with Crippen LogP contribution in [0.3, 0.4) is 0 Å². The van der Waals surface area contributed by atoms with E-state index in [9.17, 15) is 4.39 Å². The largest absolute Gasteiger partial charge is 0.409 e. The molecule has 5 N–H and O–H groups in total. The van der Waals surface area contributed by atoms with E-state index < -0.39 is 0 Å². The number of nitrogens with one attached hydrogen (secondary N) is 2. The minimum Gasteiger partial charge on any atom is -0.409 e. The summed E-state index contributed by atoms with van der Waals surface area (Å²) in [7, 11) is 1.63. The van der Waals surface area contributed by atoms with Crippen LogP contribution < -0.4 is 21.8 Å². The van der Waals surface area contributed by atoms with E-state index in [4.69, 9.17) is 10.9 Å². The van der Waals surface area contributed by atoms with Gasteiger partial charge in [0.2, 0.25) is 11.7 Å². The fraction of sp³-hybridized carbons (Fsp3) is 0.182. The first-order chi connectivity index (χ1) is 10.2. The molecule has 1 aromatic carbocycles. The lowest BCUT2D eigenvalue weighted by atomic mass is 9.95. The van der Waals surface area contributed by atoms with Crippen molar-refractivity contribution in [1.29, 1.82) is 0 Å². The maximum Gasteiger partial charge on any atom is 0.203 e. The van der Waals surface area contributed by atoms with Crippen LogP contribution in [0.2, 0.25) is 0 Å². The number of halogens is 1. The topological polar surface area (TPSA) is 122 Å². The van der Waals surface area contributed by atoms with Crippen molar-refractivity contribution in [2.75, 3.05) is 23.7 Å². The Bertz CT molecular complexity index is 647. The Kier molecular flexibility index (Phi) is 4.72. The van der Waals surface area contributed by atoms with E-state index >= 15 is 0 Å². The van der Waals surface area contributed by atoms with Gasteiger partial charge in [0.25, 0.3) is 0 Å². The maximum atomic E-state index is 13.2. The molecule has 0 atom stereocenters. The highest BCUT2D eigenvalue weighted by atomic mass is 19.1. The quantitative estimate of drug-likeness (QED) is 0.185. The Balaban J connectivity index is 2.20. The second-order valence-corrected chi connectivity index (χ2v) is 4.21. The minimum absolute atomic E-state index is 0.0155. The van der Waals surface area contributed by atoms with E-state index in [-0.39, 0.29) is 17.3 Å². The van der Waals surface area contributed by atoms with Gasteiger partial charge >= 0.3 is 0 Å². The van der Waals surface area contributed by atoms with E-state index in [1.54, 1.807) is 13.9 Å². The number of nitrogens with two attached hydrogens (primary N) is 1. The number of amidine groups is 1. The van der Waals surface area contributed by atoms with E-state index in [1.807, 2.05) is 0 Å². The monoisotopic (exact) mass is 292 g/mol. The van der Waals surface area contributed by atoms with Gasteiger partial charge in [-0.15, -0.1) is 0 Å². The second kappa shape index (κ2) is 6.70. The number of anilines is 2. The van der Waals surface area contributed by atoms with Crippen LogP contribution >= 0.6 is 0 Å². The number of oxime groups is 1. The Hall–Kier alpha value is -2.62. The lowest BCUT2D eigenvalue weighted by Crippen LogP contribution is -2.20. The van der Waals surface area contributed by atoms with E-state index in [0.29, 0.717) is 30.1 Å². The van der Waals surface area contributed by atoms with Crippen molar-refractivity contribution < 1.29 is 14.2 Å². The second-order valence-electron chi connectivity index (χ2n) is 4.21. The highest BCUT2D eigenvalue weighted by Gasteiger charge is 2.17. The maximum absolute atomic E-state index is 13.2. The van der Waals surface area contributed by atoms with Gasteiger partial charge in [0.05, 0.1) is 0 Å². The molecular formula is C11H14BFN6O2. The van der Waals surface area contributed by atoms with Gasteiger partial charge in [-0.2, -0.15) is 0 Å². The molecule has 0 fully saturated rings. The SMILES string of the molecule is Bc1cc(N/C(=N\O)c2nonc2NCCN)ccc1F. The number of hydrogen-bond donors (Lipinski definition) is 4. The molecule has 1 heterocycles. The first-order valence-corrected chi connectivity index (χ1v) is 6.17. The van der Waals surface area contributed by atoms with Crippen LogP contribution in [-0.4, -0.2) is 42.3 Å². The van der Waals surface area contributed by atoms with Gasteiger partial charge in [0.1, 0.15) is 13.7 Å². The highest BCUT2D eigenvalue weighted by Crippen LogP contribution is 2.13. The molecule has 21 heavy (non-hydrogen) atoms. The normalized spacial score (nSPS) is 11.4. The smallest absolute Gasteiger partial charge is 0.203 e. The summed E-state index contributed by atoms with van der Waals surface area (Å²) in [5, 5.41) is 25.3. The Morgan fingerprint density at radius 2 is 2.29 bits per heavy atom. The molecule has 0 bridgehead atoms. The molecule has 0 saturated carbocycles. The molecule has 10 heteroatoms. The zero-order valence-electron chi connectivity index (χ0n) is 11.3. The van der Waals surface area contributed by atoms with E-state index in [0.717, 1.165) is 0 Å². The lowest BCUT2D eigenvalue weighted by molar-refractivity contribution is 0.305. The summed E-state index contributed by atoms with van der Waals surface area (Å²) in [6, 6.07) is 4.39. The molecular weight excluding hydrogens is 278 g/mol. The molecule has 2 aromatic rings. The van der Waals surface area contributed by atoms with Crippen LogP contribution in [0.15, 0.2) is 28.0 Å². The van der Waals surface area contributed by atoms with Crippen molar-refractivity contribution in [3.8, 4) is 0 Å². The van der Waals surface area contributed by atoms with Crippen molar-refractivity contribution in [3.63, 3.8) is 0 Å². The first kappa shape index (κ1) is 14.8. The van der Waals surface area contributed by atoms with Crippen molar-refractivity contribution in [3.05, 3.63) is 29.7 Å². The molecule has 0 amide bonds. The van der Waals surface area contributed by atoms with E-state index in [2.05, 4.69) is 30.7 Å². The van der Waals surface area contributed by atoms with Gasteiger partial charge in [-0.1, -0.05) is 10.6 Å². The van der Waals surface area contributed by atoms with Crippen molar-refractivity contribution in [1.82, 2.24) is 10.3 Å². The molecule has 0 spiro atoms. The molecule has 110 valence electrons. The minimum atomic E-state index is -0.323. The number of benzene rings is 1. The molecule has 0 radical (unpaired) electrons. The summed E-state index contributed by atoms with van der Waals surface area (Å²) in [5.74, 6) is -0.0159. The van der Waals surface area contributed by atoms with Crippen LogP contribution in [-0.2, 0) is 0 Å². The predicted molar refractivity (Wildman–Crippen MR) is 78.4 cm³/mol. The van der Waals surface area contributed by atoms with Gasteiger partial charge in [0.15, 0.2) is 5.69 Å². The third-order valence-electron chi connectivity index (χ3n) is 2.67. The predicted octanol–water partition coefficient (Wildman–Crippen LogP) is -0.914. The Labute approximate surface area is 120 Å². The van der Waals surface area contributed by atoms with Crippen LogP contribution in [0.25, 0.3) is 0 Å². The highest BCUT2D eigenvalue weighted by molar-refractivity contribution is 6.32. The number of nitrogens with zero attached hydrogens (tertiary/aromatic N) is 3. The number of hydrogen-bond acceptors (Lipinski definition) is 7. The zero-order valence-corrected chi connectivity index (χ0v) is 11.3. The number of aromatic nitrogens is 2. The summed E-state index contributed by atoms with van der Waals surface area (Å²) in [6.07, 6.45) is 0. The van der Waals surface area contributed by atoms with Crippen LogP contribution in [0.5, 0.6) is 0 Å². The molecule has 2 rings (SSSR count). The zero-order chi connectivity index (χ0) is 15.2. The molecule has 8 nitrogen and oxygen atoms in total. The van der Waals surface area contributed by atoms with Crippen molar-refractivity contribution in [2.24, 2.45) is 10.9 Å². The summed E-state index contributed by atoms with van der Waals surface area (Å²) >= 11 is 0. The van der Waals surface area contributed by atoms with E-state index in [1.165, 1.54) is 12.1 Å². The van der Waals surface area contributed by atoms with Gasteiger partial charge in [0, 0.05) is 18.8 Å². The Morgan fingerprint density at radius 1 is 1.48 bits per heavy atom. The molecule has 0 unspecified atom stereocenters. The molecule has 0 saturated heterocycles. The Morgan fingerprint density at radius 3 is 2.95 bits per heavy atom. The van der Waals surface area contributed by atoms with Gasteiger partial charge < -0.3 is 21.6 Å². The average molecular weight is 292 g/mol. The fourth-order valence-electron chi connectivity index (χ4n) is 1.64. The van der Waals surface area contributed by atoms with Crippen LogP contribution in [0.4, 0.5) is 15.9 Å². The van der Waals surface area contributed by atoms with Gasteiger partial charge in [-0.05, 0) is 28.5 Å². The molecule has 0 aliphatic heterocycles. The molecule has 0 aliphatic rings.